The Morgan fingerprint density at radius 3 is 2.13 bits per heavy atom. The van der Waals surface area contributed by atoms with E-state index in [2.05, 4.69) is 90.4 Å². The van der Waals surface area contributed by atoms with Crippen molar-refractivity contribution in [3.63, 3.8) is 0 Å². The van der Waals surface area contributed by atoms with Crippen molar-refractivity contribution in [2.45, 2.75) is 6.42 Å². The van der Waals surface area contributed by atoms with Gasteiger partial charge in [0.25, 0.3) is 0 Å². The minimum atomic E-state index is 0.395. The van der Waals surface area contributed by atoms with Gasteiger partial charge >= 0.3 is 0 Å². The summed E-state index contributed by atoms with van der Waals surface area (Å²) in [6.07, 6.45) is 0.841. The molecular formula is C9H8I4O2. The highest BCUT2D eigenvalue weighted by Gasteiger charge is 2.17. The molecule has 0 radical (unpaired) electrons. The number of halogens is 4. The van der Waals surface area contributed by atoms with Crippen molar-refractivity contribution in [2.24, 2.45) is 0 Å². The zero-order valence-corrected chi connectivity index (χ0v) is 16.4. The molecule has 0 heterocycles. The van der Waals surface area contributed by atoms with Gasteiger partial charge < -0.3 is 9.84 Å². The lowest BCUT2D eigenvalue weighted by atomic mass is 10.1. The zero-order chi connectivity index (χ0) is 11.6. The first-order valence-corrected chi connectivity index (χ1v) is 8.35. The maximum atomic E-state index is 9.93. The molecular weight excluding hydrogens is 648 g/mol. The van der Waals surface area contributed by atoms with Crippen LogP contribution < -0.4 is 0 Å². The molecule has 0 spiro atoms. The van der Waals surface area contributed by atoms with Gasteiger partial charge in [-0.3, -0.25) is 0 Å². The molecule has 0 saturated carbocycles. The van der Waals surface area contributed by atoms with Crippen LogP contribution in [0.4, 0.5) is 0 Å². The van der Waals surface area contributed by atoms with Crippen LogP contribution in [0.3, 0.4) is 0 Å². The average Bonchev–Trinajstić information content (AvgIpc) is 2.24. The molecule has 1 aromatic rings. The first-order chi connectivity index (χ1) is 7.00. The van der Waals surface area contributed by atoms with Crippen molar-refractivity contribution in [3.05, 3.63) is 19.8 Å². The van der Waals surface area contributed by atoms with E-state index in [1.165, 1.54) is 9.13 Å². The van der Waals surface area contributed by atoms with Gasteiger partial charge in [0.2, 0.25) is 0 Å². The summed E-state index contributed by atoms with van der Waals surface area (Å²) in [5.74, 6) is 0.395. The number of hydrogen-bond acceptors (Lipinski definition) is 2. The van der Waals surface area contributed by atoms with E-state index in [-0.39, 0.29) is 0 Å². The molecule has 0 aromatic heterocycles. The highest BCUT2D eigenvalue weighted by atomic mass is 127. The molecule has 15 heavy (non-hydrogen) atoms. The van der Waals surface area contributed by atoms with E-state index >= 15 is 0 Å². The second-order valence-corrected chi connectivity index (χ2v) is 7.14. The lowest BCUT2D eigenvalue weighted by molar-refractivity contribution is 0.202. The van der Waals surface area contributed by atoms with Gasteiger partial charge in [-0.05, 0) is 102 Å². The standard InChI is InChI=1S/C9H8I4O2/c1-15-3-2-4-5(10)7(12)8(13)9(14)6(4)11/h14H,2-3H2,1H3. The summed E-state index contributed by atoms with van der Waals surface area (Å²) in [5.41, 5.74) is 1.18. The number of phenols is 1. The fraction of sp³-hybridized carbons (Fsp3) is 0.333. The Hall–Kier alpha value is 1.90. The van der Waals surface area contributed by atoms with Crippen LogP contribution in [0, 0.1) is 14.3 Å². The van der Waals surface area contributed by atoms with Crippen LogP contribution in [0.15, 0.2) is 0 Å². The number of phenolic OH excluding ortho intramolecular Hbond substituents is 1. The predicted molar refractivity (Wildman–Crippen MR) is 94.6 cm³/mol. The van der Waals surface area contributed by atoms with Crippen molar-refractivity contribution in [1.82, 2.24) is 0 Å². The zero-order valence-electron chi connectivity index (χ0n) is 7.78. The third kappa shape index (κ3) is 3.44. The molecule has 2 nitrogen and oxygen atoms in total. The van der Waals surface area contributed by atoms with Crippen LogP contribution in [-0.2, 0) is 11.2 Å². The minimum Gasteiger partial charge on any atom is -0.506 e. The molecule has 0 fully saturated rings. The van der Waals surface area contributed by atoms with Gasteiger partial charge in [-0.25, -0.2) is 0 Å². The summed E-state index contributed by atoms with van der Waals surface area (Å²) < 4.78 is 9.29. The van der Waals surface area contributed by atoms with Crippen LogP contribution in [0.2, 0.25) is 0 Å². The van der Waals surface area contributed by atoms with Crippen LogP contribution in [0.5, 0.6) is 5.75 Å². The summed E-state index contributed by atoms with van der Waals surface area (Å²) in [6, 6.07) is 0. The lowest BCUT2D eigenvalue weighted by Crippen LogP contribution is -2.03. The largest absolute Gasteiger partial charge is 0.506 e. The van der Waals surface area contributed by atoms with E-state index < -0.39 is 0 Å². The number of aromatic hydroxyl groups is 1. The van der Waals surface area contributed by atoms with Crippen LogP contribution in [0.25, 0.3) is 0 Å². The number of methoxy groups -OCH3 is 1. The number of benzene rings is 1. The second-order valence-electron chi connectivity index (χ2n) is 2.83. The van der Waals surface area contributed by atoms with Crippen LogP contribution >= 0.6 is 90.4 Å². The van der Waals surface area contributed by atoms with Gasteiger partial charge in [-0.1, -0.05) is 0 Å². The number of ether oxygens (including phenoxy) is 1. The Bertz CT molecular complexity index is 350. The molecule has 1 rings (SSSR count). The predicted octanol–water partition coefficient (Wildman–Crippen LogP) is 4.00. The SMILES string of the molecule is COCCc1c(I)c(O)c(I)c(I)c1I. The fourth-order valence-electron chi connectivity index (χ4n) is 1.09. The minimum absolute atomic E-state index is 0.395. The summed E-state index contributed by atoms with van der Waals surface area (Å²) in [5, 5.41) is 9.93. The van der Waals surface area contributed by atoms with Crippen molar-refractivity contribution >= 4 is 90.4 Å². The van der Waals surface area contributed by atoms with Gasteiger partial charge in [0.05, 0.1) is 13.7 Å². The Labute approximate surface area is 143 Å². The smallest absolute Gasteiger partial charge is 0.143 e. The quantitative estimate of drug-likeness (QED) is 0.303. The van der Waals surface area contributed by atoms with Crippen molar-refractivity contribution in [3.8, 4) is 5.75 Å². The fourth-order valence-corrected chi connectivity index (χ4v) is 5.38. The van der Waals surface area contributed by atoms with E-state index in [4.69, 9.17) is 4.74 Å². The molecule has 0 aliphatic carbocycles. The van der Waals surface area contributed by atoms with E-state index in [1.54, 1.807) is 7.11 Å². The van der Waals surface area contributed by atoms with E-state index in [0.717, 1.165) is 17.1 Å². The topological polar surface area (TPSA) is 29.5 Å². The number of rotatable bonds is 3. The Balaban J connectivity index is 3.26. The van der Waals surface area contributed by atoms with Gasteiger partial charge in [0.15, 0.2) is 0 Å². The first kappa shape index (κ1) is 15.0. The Kier molecular flexibility index (Phi) is 6.71. The van der Waals surface area contributed by atoms with E-state index in [0.29, 0.717) is 12.4 Å². The maximum Gasteiger partial charge on any atom is 0.143 e. The molecule has 1 aromatic carbocycles. The van der Waals surface area contributed by atoms with Crippen molar-refractivity contribution in [1.29, 1.82) is 0 Å². The number of hydrogen-bond donors (Lipinski definition) is 1. The molecule has 0 aliphatic rings. The summed E-state index contributed by atoms with van der Waals surface area (Å²) in [6.45, 7) is 0.683. The summed E-state index contributed by atoms with van der Waals surface area (Å²) in [7, 11) is 1.69. The molecule has 0 saturated heterocycles. The van der Waals surface area contributed by atoms with Crippen molar-refractivity contribution in [2.75, 3.05) is 13.7 Å². The maximum absolute atomic E-state index is 9.93. The van der Waals surface area contributed by atoms with Crippen LogP contribution in [-0.4, -0.2) is 18.8 Å². The molecule has 1 N–H and O–H groups in total. The molecule has 6 heteroatoms. The normalized spacial score (nSPS) is 10.7. The average molecular weight is 656 g/mol. The van der Waals surface area contributed by atoms with Gasteiger partial charge in [-0.15, -0.1) is 0 Å². The Morgan fingerprint density at radius 1 is 1.00 bits per heavy atom. The Morgan fingerprint density at radius 2 is 1.60 bits per heavy atom. The summed E-state index contributed by atoms with van der Waals surface area (Å²) in [4.78, 5) is 0. The third-order valence-electron chi connectivity index (χ3n) is 1.89. The highest BCUT2D eigenvalue weighted by molar-refractivity contribution is 14.1. The monoisotopic (exact) mass is 656 g/mol. The van der Waals surface area contributed by atoms with E-state index in [1.807, 2.05) is 0 Å². The second kappa shape index (κ2) is 6.73. The lowest BCUT2D eigenvalue weighted by Gasteiger charge is -2.13. The van der Waals surface area contributed by atoms with E-state index in [9.17, 15) is 5.11 Å². The van der Waals surface area contributed by atoms with Gasteiger partial charge in [-0.2, -0.15) is 0 Å². The molecule has 0 unspecified atom stereocenters. The molecule has 0 bridgehead atoms. The molecule has 0 aliphatic heterocycles. The van der Waals surface area contributed by atoms with Gasteiger partial charge in [0, 0.05) is 14.3 Å². The van der Waals surface area contributed by atoms with Crippen molar-refractivity contribution < 1.29 is 9.84 Å². The highest BCUT2D eigenvalue weighted by Crippen LogP contribution is 2.36. The first-order valence-electron chi connectivity index (χ1n) is 4.03. The molecule has 0 amide bonds. The summed E-state index contributed by atoms with van der Waals surface area (Å²) >= 11 is 8.97. The van der Waals surface area contributed by atoms with Gasteiger partial charge in [0.1, 0.15) is 5.75 Å². The molecule has 0 atom stereocenters. The molecule has 84 valence electrons. The van der Waals surface area contributed by atoms with Crippen LogP contribution in [0.1, 0.15) is 5.56 Å². The third-order valence-corrected chi connectivity index (χ3v) is 8.43.